The van der Waals surface area contributed by atoms with Gasteiger partial charge in [-0.1, -0.05) is 0 Å². The lowest BCUT2D eigenvalue weighted by atomic mass is 10.2. The molecule has 1 amide bonds. The SMILES string of the molecule is CCOCC(=O)N(CC1CC1)CC1CCCN1. The fourth-order valence-corrected chi connectivity index (χ4v) is 2.35. The minimum atomic E-state index is 0.160. The van der Waals surface area contributed by atoms with Gasteiger partial charge in [0, 0.05) is 25.7 Å². The van der Waals surface area contributed by atoms with E-state index in [4.69, 9.17) is 4.74 Å². The molecular formula is C13H24N2O2. The van der Waals surface area contributed by atoms with E-state index >= 15 is 0 Å². The van der Waals surface area contributed by atoms with Crippen LogP contribution in [0.15, 0.2) is 0 Å². The summed E-state index contributed by atoms with van der Waals surface area (Å²) in [6.07, 6.45) is 5.01. The molecule has 0 spiro atoms. The number of carbonyl (C=O) groups excluding carboxylic acids is 1. The highest BCUT2D eigenvalue weighted by Gasteiger charge is 2.28. The third-order valence-electron chi connectivity index (χ3n) is 3.56. The average Bonchev–Trinajstić information content (AvgIpc) is 2.99. The first-order valence-electron chi connectivity index (χ1n) is 6.88. The van der Waals surface area contributed by atoms with E-state index < -0.39 is 0 Å². The van der Waals surface area contributed by atoms with Crippen LogP contribution in [0, 0.1) is 5.92 Å². The Labute approximate surface area is 104 Å². The van der Waals surface area contributed by atoms with Crippen LogP contribution in [0.2, 0.25) is 0 Å². The maximum atomic E-state index is 12.0. The van der Waals surface area contributed by atoms with Gasteiger partial charge in [-0.3, -0.25) is 4.79 Å². The van der Waals surface area contributed by atoms with Crippen molar-refractivity contribution in [2.45, 2.75) is 38.6 Å². The van der Waals surface area contributed by atoms with Gasteiger partial charge in [-0.2, -0.15) is 0 Å². The highest BCUT2D eigenvalue weighted by molar-refractivity contribution is 5.77. The molecule has 4 nitrogen and oxygen atoms in total. The molecule has 1 saturated heterocycles. The van der Waals surface area contributed by atoms with Crippen LogP contribution in [0.1, 0.15) is 32.6 Å². The predicted molar refractivity (Wildman–Crippen MR) is 66.8 cm³/mol. The van der Waals surface area contributed by atoms with Crippen molar-refractivity contribution in [2.75, 3.05) is 32.8 Å². The lowest BCUT2D eigenvalue weighted by molar-refractivity contribution is -0.136. The molecule has 0 aromatic heterocycles. The zero-order valence-electron chi connectivity index (χ0n) is 10.8. The predicted octanol–water partition coefficient (Wildman–Crippen LogP) is 1.01. The second-order valence-corrected chi connectivity index (χ2v) is 5.17. The summed E-state index contributed by atoms with van der Waals surface area (Å²) in [4.78, 5) is 14.0. The summed E-state index contributed by atoms with van der Waals surface area (Å²) in [5.74, 6) is 0.912. The van der Waals surface area contributed by atoms with E-state index in [9.17, 15) is 4.79 Å². The zero-order chi connectivity index (χ0) is 12.1. The van der Waals surface area contributed by atoms with Crippen molar-refractivity contribution in [1.29, 1.82) is 0 Å². The highest BCUT2D eigenvalue weighted by Crippen LogP contribution is 2.30. The lowest BCUT2D eigenvalue weighted by Crippen LogP contribution is -2.43. The zero-order valence-corrected chi connectivity index (χ0v) is 10.8. The molecule has 1 N–H and O–H groups in total. The fourth-order valence-electron chi connectivity index (χ4n) is 2.35. The fraction of sp³-hybridized carbons (Fsp3) is 0.923. The molecule has 17 heavy (non-hydrogen) atoms. The number of amides is 1. The molecule has 2 fully saturated rings. The Morgan fingerprint density at radius 3 is 2.76 bits per heavy atom. The summed E-state index contributed by atoms with van der Waals surface area (Å²) in [7, 11) is 0. The third-order valence-corrected chi connectivity index (χ3v) is 3.56. The molecule has 98 valence electrons. The molecule has 0 radical (unpaired) electrons. The van der Waals surface area contributed by atoms with E-state index in [0.29, 0.717) is 12.6 Å². The maximum absolute atomic E-state index is 12.0. The number of hydrogen-bond donors (Lipinski definition) is 1. The molecule has 4 heteroatoms. The number of carbonyl (C=O) groups is 1. The van der Waals surface area contributed by atoms with Crippen LogP contribution in [-0.4, -0.2) is 49.7 Å². The molecule has 1 aliphatic carbocycles. The average molecular weight is 240 g/mol. The van der Waals surface area contributed by atoms with Gasteiger partial charge < -0.3 is 15.0 Å². The number of hydrogen-bond acceptors (Lipinski definition) is 3. The van der Waals surface area contributed by atoms with Gasteiger partial charge in [0.15, 0.2) is 0 Å². The van der Waals surface area contributed by atoms with E-state index in [0.717, 1.165) is 25.6 Å². The summed E-state index contributed by atoms with van der Waals surface area (Å²) in [5.41, 5.74) is 0. The topological polar surface area (TPSA) is 41.6 Å². The normalized spacial score (nSPS) is 23.9. The van der Waals surface area contributed by atoms with Crippen LogP contribution in [0.3, 0.4) is 0 Å². The van der Waals surface area contributed by atoms with Gasteiger partial charge in [0.2, 0.25) is 5.91 Å². The molecule has 1 aliphatic heterocycles. The summed E-state index contributed by atoms with van der Waals surface area (Å²) in [5, 5.41) is 3.46. The number of rotatable bonds is 7. The van der Waals surface area contributed by atoms with Gasteiger partial charge >= 0.3 is 0 Å². The standard InChI is InChI=1S/C13H24N2O2/c1-2-17-10-13(16)15(8-11-5-6-11)9-12-4-3-7-14-12/h11-12,14H,2-10H2,1H3. The van der Waals surface area contributed by atoms with E-state index in [1.54, 1.807) is 0 Å². The summed E-state index contributed by atoms with van der Waals surface area (Å²) < 4.78 is 5.23. The summed E-state index contributed by atoms with van der Waals surface area (Å²) >= 11 is 0. The van der Waals surface area contributed by atoms with Crippen molar-refractivity contribution >= 4 is 5.91 Å². The van der Waals surface area contributed by atoms with Gasteiger partial charge in [0.05, 0.1) is 0 Å². The Kier molecular flexibility index (Phi) is 4.80. The van der Waals surface area contributed by atoms with Crippen molar-refractivity contribution in [3.8, 4) is 0 Å². The minimum absolute atomic E-state index is 0.160. The van der Waals surface area contributed by atoms with Crippen molar-refractivity contribution in [2.24, 2.45) is 5.92 Å². The highest BCUT2D eigenvalue weighted by atomic mass is 16.5. The molecule has 2 aliphatic rings. The van der Waals surface area contributed by atoms with Crippen molar-refractivity contribution in [3.05, 3.63) is 0 Å². The second kappa shape index (κ2) is 6.36. The third kappa shape index (κ3) is 4.28. The quantitative estimate of drug-likeness (QED) is 0.722. The Bertz CT molecular complexity index is 248. The molecule has 0 aromatic carbocycles. The first kappa shape index (κ1) is 12.8. The van der Waals surface area contributed by atoms with Gasteiger partial charge in [-0.15, -0.1) is 0 Å². The molecular weight excluding hydrogens is 216 g/mol. The van der Waals surface area contributed by atoms with Gasteiger partial charge in [-0.05, 0) is 45.1 Å². The summed E-state index contributed by atoms with van der Waals surface area (Å²) in [6.45, 7) is 5.69. The molecule has 2 rings (SSSR count). The lowest BCUT2D eigenvalue weighted by Gasteiger charge is -2.26. The monoisotopic (exact) mass is 240 g/mol. The Morgan fingerprint density at radius 2 is 2.18 bits per heavy atom. The maximum Gasteiger partial charge on any atom is 0.248 e. The number of ether oxygens (including phenoxy) is 1. The van der Waals surface area contributed by atoms with Crippen LogP contribution >= 0.6 is 0 Å². The molecule has 1 heterocycles. The Morgan fingerprint density at radius 1 is 1.35 bits per heavy atom. The number of nitrogens with zero attached hydrogens (tertiary/aromatic N) is 1. The van der Waals surface area contributed by atoms with Crippen molar-refractivity contribution < 1.29 is 9.53 Å². The van der Waals surface area contributed by atoms with Crippen LogP contribution in [0.4, 0.5) is 0 Å². The molecule has 0 aromatic rings. The number of nitrogens with one attached hydrogen (secondary N) is 1. The molecule has 1 saturated carbocycles. The van der Waals surface area contributed by atoms with Gasteiger partial charge in [-0.25, -0.2) is 0 Å². The van der Waals surface area contributed by atoms with Gasteiger partial charge in [0.25, 0.3) is 0 Å². The smallest absolute Gasteiger partial charge is 0.248 e. The second-order valence-electron chi connectivity index (χ2n) is 5.17. The van der Waals surface area contributed by atoms with E-state index in [-0.39, 0.29) is 12.5 Å². The van der Waals surface area contributed by atoms with Crippen LogP contribution in [0.25, 0.3) is 0 Å². The van der Waals surface area contributed by atoms with Gasteiger partial charge in [0.1, 0.15) is 6.61 Å². The van der Waals surface area contributed by atoms with Crippen LogP contribution in [-0.2, 0) is 9.53 Å². The van der Waals surface area contributed by atoms with Crippen molar-refractivity contribution in [1.82, 2.24) is 10.2 Å². The first-order valence-corrected chi connectivity index (χ1v) is 6.88. The van der Waals surface area contributed by atoms with E-state index in [1.165, 1.54) is 25.7 Å². The van der Waals surface area contributed by atoms with Crippen LogP contribution < -0.4 is 5.32 Å². The minimum Gasteiger partial charge on any atom is -0.372 e. The largest absolute Gasteiger partial charge is 0.372 e. The molecule has 0 bridgehead atoms. The molecule has 1 atom stereocenters. The van der Waals surface area contributed by atoms with Crippen LogP contribution in [0.5, 0.6) is 0 Å². The first-order chi connectivity index (χ1) is 8.29. The summed E-state index contributed by atoms with van der Waals surface area (Å²) in [6, 6.07) is 0.499. The van der Waals surface area contributed by atoms with E-state index in [1.807, 2.05) is 11.8 Å². The van der Waals surface area contributed by atoms with Crippen molar-refractivity contribution in [3.63, 3.8) is 0 Å². The Hall–Kier alpha value is -0.610. The van der Waals surface area contributed by atoms with E-state index in [2.05, 4.69) is 5.32 Å². The molecule has 1 unspecified atom stereocenters. The Balaban J connectivity index is 1.79.